The summed E-state index contributed by atoms with van der Waals surface area (Å²) in [5, 5.41) is 8.96. The smallest absolute Gasteiger partial charge is 0.337 e. The summed E-state index contributed by atoms with van der Waals surface area (Å²) in [5.41, 5.74) is 2.77. The maximum Gasteiger partial charge on any atom is 0.337 e. The second kappa shape index (κ2) is 4.51. The molecule has 5 heteroatoms. The van der Waals surface area contributed by atoms with E-state index in [4.69, 9.17) is 5.11 Å². The molecule has 0 spiro atoms. The Morgan fingerprint density at radius 2 is 1.84 bits per heavy atom. The Kier molecular flexibility index (Phi) is 2.83. The highest BCUT2D eigenvalue weighted by molar-refractivity contribution is 9.10. The van der Waals surface area contributed by atoms with E-state index >= 15 is 0 Å². The first-order valence-electron chi connectivity index (χ1n) is 5.61. The van der Waals surface area contributed by atoms with Gasteiger partial charge < -0.3 is 9.51 Å². The Hall–Kier alpha value is -2.14. The normalized spacial score (nSPS) is 10.8. The Morgan fingerprint density at radius 3 is 2.53 bits per heavy atom. The molecule has 0 aliphatic carbocycles. The van der Waals surface area contributed by atoms with Gasteiger partial charge in [-0.05, 0) is 24.3 Å². The van der Waals surface area contributed by atoms with Gasteiger partial charge in [-0.3, -0.25) is 0 Å². The van der Waals surface area contributed by atoms with Crippen molar-refractivity contribution in [1.82, 2.24) is 9.38 Å². The summed E-state index contributed by atoms with van der Waals surface area (Å²) in [4.78, 5) is 15.4. The SMILES string of the molecule is O=C(O)c1ccc2nc(-c3ccc(Br)cc3)cn2c1. The molecular weight excluding hydrogens is 308 g/mol. The molecule has 19 heavy (non-hydrogen) atoms. The number of rotatable bonds is 2. The lowest BCUT2D eigenvalue weighted by atomic mass is 10.2. The van der Waals surface area contributed by atoms with E-state index in [2.05, 4.69) is 20.9 Å². The van der Waals surface area contributed by atoms with Crippen LogP contribution < -0.4 is 0 Å². The predicted molar refractivity (Wildman–Crippen MR) is 75.3 cm³/mol. The monoisotopic (exact) mass is 316 g/mol. The van der Waals surface area contributed by atoms with Crippen molar-refractivity contribution in [3.8, 4) is 11.3 Å². The number of hydrogen-bond acceptors (Lipinski definition) is 2. The van der Waals surface area contributed by atoms with Crippen molar-refractivity contribution in [3.05, 3.63) is 58.8 Å². The van der Waals surface area contributed by atoms with Crippen molar-refractivity contribution in [2.75, 3.05) is 0 Å². The predicted octanol–water partition coefficient (Wildman–Crippen LogP) is 3.46. The van der Waals surface area contributed by atoms with Crippen LogP contribution in [-0.2, 0) is 0 Å². The first kappa shape index (κ1) is 11.9. The number of carbonyl (C=O) groups is 1. The third-order valence-electron chi connectivity index (χ3n) is 2.84. The summed E-state index contributed by atoms with van der Waals surface area (Å²) in [7, 11) is 0. The number of fused-ring (bicyclic) bond motifs is 1. The number of pyridine rings is 1. The lowest BCUT2D eigenvalue weighted by Gasteiger charge is -1.95. The topological polar surface area (TPSA) is 54.6 Å². The molecular formula is C14H9BrN2O2. The van der Waals surface area contributed by atoms with Crippen LogP contribution in [0.4, 0.5) is 0 Å². The number of benzene rings is 1. The average molecular weight is 317 g/mol. The highest BCUT2D eigenvalue weighted by Crippen LogP contribution is 2.21. The maximum atomic E-state index is 10.9. The van der Waals surface area contributed by atoms with E-state index in [-0.39, 0.29) is 5.56 Å². The molecule has 3 rings (SSSR count). The molecule has 0 atom stereocenters. The number of aromatic carboxylic acids is 1. The summed E-state index contributed by atoms with van der Waals surface area (Å²) in [5.74, 6) is -0.944. The summed E-state index contributed by atoms with van der Waals surface area (Å²) in [6.07, 6.45) is 3.39. The van der Waals surface area contributed by atoms with Crippen LogP contribution in [0.3, 0.4) is 0 Å². The van der Waals surface area contributed by atoms with E-state index < -0.39 is 5.97 Å². The quantitative estimate of drug-likeness (QED) is 0.787. The van der Waals surface area contributed by atoms with Gasteiger partial charge in [-0.1, -0.05) is 28.1 Å². The number of hydrogen-bond donors (Lipinski definition) is 1. The van der Waals surface area contributed by atoms with Gasteiger partial charge in [0.25, 0.3) is 0 Å². The van der Waals surface area contributed by atoms with Crippen molar-refractivity contribution < 1.29 is 9.90 Å². The Balaban J connectivity index is 2.11. The third kappa shape index (κ3) is 2.24. The minimum atomic E-state index is -0.944. The molecule has 0 saturated carbocycles. The van der Waals surface area contributed by atoms with Crippen LogP contribution in [0.5, 0.6) is 0 Å². The van der Waals surface area contributed by atoms with Gasteiger partial charge in [0, 0.05) is 22.4 Å². The van der Waals surface area contributed by atoms with E-state index in [0.29, 0.717) is 0 Å². The van der Waals surface area contributed by atoms with Gasteiger partial charge in [0.05, 0.1) is 11.3 Å². The fourth-order valence-corrected chi connectivity index (χ4v) is 2.14. The third-order valence-corrected chi connectivity index (χ3v) is 3.37. The molecule has 0 aliphatic rings. The van der Waals surface area contributed by atoms with Crippen LogP contribution in [0.25, 0.3) is 16.9 Å². The van der Waals surface area contributed by atoms with Crippen molar-refractivity contribution in [3.63, 3.8) is 0 Å². The molecule has 3 aromatic rings. The highest BCUT2D eigenvalue weighted by Gasteiger charge is 2.07. The lowest BCUT2D eigenvalue weighted by molar-refractivity contribution is 0.0696. The molecule has 4 nitrogen and oxygen atoms in total. The zero-order chi connectivity index (χ0) is 13.4. The minimum Gasteiger partial charge on any atom is -0.478 e. The molecule has 0 radical (unpaired) electrons. The summed E-state index contributed by atoms with van der Waals surface area (Å²) in [6.45, 7) is 0. The van der Waals surface area contributed by atoms with Crippen LogP contribution >= 0.6 is 15.9 Å². The molecule has 0 saturated heterocycles. The van der Waals surface area contributed by atoms with Gasteiger partial charge in [-0.2, -0.15) is 0 Å². The lowest BCUT2D eigenvalue weighted by Crippen LogP contribution is -1.97. The van der Waals surface area contributed by atoms with Gasteiger partial charge in [0.1, 0.15) is 5.65 Å². The zero-order valence-electron chi connectivity index (χ0n) is 9.75. The molecule has 94 valence electrons. The van der Waals surface area contributed by atoms with E-state index in [1.54, 1.807) is 22.7 Å². The average Bonchev–Trinajstić information content (AvgIpc) is 2.82. The van der Waals surface area contributed by atoms with Gasteiger partial charge in [0.15, 0.2) is 0 Å². The number of aromatic nitrogens is 2. The number of carboxylic acid groups (broad SMARTS) is 1. The van der Waals surface area contributed by atoms with Crippen molar-refractivity contribution in [2.24, 2.45) is 0 Å². The number of carboxylic acids is 1. The first-order valence-corrected chi connectivity index (χ1v) is 6.41. The zero-order valence-corrected chi connectivity index (χ0v) is 11.3. The second-order valence-corrected chi connectivity index (χ2v) is 5.04. The van der Waals surface area contributed by atoms with E-state index in [0.717, 1.165) is 21.4 Å². The first-order chi connectivity index (χ1) is 9.13. The molecule has 0 fully saturated rings. The summed E-state index contributed by atoms with van der Waals surface area (Å²) >= 11 is 3.39. The molecule has 0 bridgehead atoms. The number of imidazole rings is 1. The van der Waals surface area contributed by atoms with Crippen LogP contribution in [0.15, 0.2) is 53.3 Å². The molecule has 2 heterocycles. The van der Waals surface area contributed by atoms with Crippen molar-refractivity contribution in [1.29, 1.82) is 0 Å². The molecule has 1 aromatic carbocycles. The Morgan fingerprint density at radius 1 is 1.11 bits per heavy atom. The Bertz CT molecular complexity index is 763. The van der Waals surface area contributed by atoms with Gasteiger partial charge in [-0.25, -0.2) is 9.78 Å². The van der Waals surface area contributed by atoms with E-state index in [1.807, 2.05) is 30.5 Å². The van der Waals surface area contributed by atoms with Gasteiger partial charge in [0.2, 0.25) is 0 Å². The second-order valence-electron chi connectivity index (χ2n) is 4.12. The fourth-order valence-electron chi connectivity index (χ4n) is 1.88. The molecule has 0 aliphatic heterocycles. The minimum absolute atomic E-state index is 0.243. The molecule has 0 unspecified atom stereocenters. The molecule has 2 aromatic heterocycles. The van der Waals surface area contributed by atoms with Crippen molar-refractivity contribution in [2.45, 2.75) is 0 Å². The fraction of sp³-hybridized carbons (Fsp3) is 0. The number of halogens is 1. The standard InChI is InChI=1S/C14H9BrN2O2/c15-11-4-1-9(2-5-11)12-8-17-7-10(14(18)19)3-6-13(17)16-12/h1-8H,(H,18,19). The van der Waals surface area contributed by atoms with Crippen molar-refractivity contribution >= 4 is 27.5 Å². The highest BCUT2D eigenvalue weighted by atomic mass is 79.9. The van der Waals surface area contributed by atoms with Crippen LogP contribution in [0.1, 0.15) is 10.4 Å². The van der Waals surface area contributed by atoms with E-state index in [9.17, 15) is 4.79 Å². The van der Waals surface area contributed by atoms with E-state index in [1.165, 1.54) is 0 Å². The largest absolute Gasteiger partial charge is 0.478 e. The van der Waals surface area contributed by atoms with Crippen LogP contribution in [0, 0.1) is 0 Å². The maximum absolute atomic E-state index is 10.9. The van der Waals surface area contributed by atoms with Gasteiger partial charge in [-0.15, -0.1) is 0 Å². The summed E-state index contributed by atoms with van der Waals surface area (Å²) < 4.78 is 2.73. The Labute approximate surface area is 117 Å². The number of nitrogens with zero attached hydrogens (tertiary/aromatic N) is 2. The molecule has 0 amide bonds. The van der Waals surface area contributed by atoms with Gasteiger partial charge >= 0.3 is 5.97 Å². The molecule has 1 N–H and O–H groups in total. The van der Waals surface area contributed by atoms with Crippen LogP contribution in [-0.4, -0.2) is 20.5 Å². The van der Waals surface area contributed by atoms with Crippen LogP contribution in [0.2, 0.25) is 0 Å². The summed E-state index contributed by atoms with van der Waals surface area (Å²) in [6, 6.07) is 11.1.